The molecule has 0 saturated heterocycles. The summed E-state index contributed by atoms with van der Waals surface area (Å²) in [5, 5.41) is 0. The molecule has 0 spiro atoms. The first-order valence-electron chi connectivity index (χ1n) is 9.31. The predicted octanol–water partition coefficient (Wildman–Crippen LogP) is 5.77. The Balaban J connectivity index is 1.67. The standard InChI is InChI=1S/C24H21NO3S/c1-16-13-17(2)23(18(3)14-16)22-15-25-24(28-22)19-9-11-21(12-10-19)29(26,27)20-7-5-4-6-8-20/h4-15H,1-3H3. The molecule has 0 aliphatic rings. The van der Waals surface area contributed by atoms with Crippen LogP contribution in [0.2, 0.25) is 0 Å². The molecule has 0 atom stereocenters. The van der Waals surface area contributed by atoms with Crippen molar-refractivity contribution in [2.45, 2.75) is 30.6 Å². The van der Waals surface area contributed by atoms with E-state index in [2.05, 4.69) is 37.9 Å². The lowest BCUT2D eigenvalue weighted by atomic mass is 9.98. The zero-order valence-electron chi connectivity index (χ0n) is 16.5. The van der Waals surface area contributed by atoms with Crippen LogP contribution in [0.5, 0.6) is 0 Å². The van der Waals surface area contributed by atoms with E-state index in [1.165, 1.54) is 5.56 Å². The van der Waals surface area contributed by atoms with E-state index in [0.717, 1.165) is 22.3 Å². The van der Waals surface area contributed by atoms with Crippen molar-refractivity contribution in [2.24, 2.45) is 0 Å². The molecule has 0 saturated carbocycles. The van der Waals surface area contributed by atoms with Crippen molar-refractivity contribution in [2.75, 3.05) is 0 Å². The molecule has 0 unspecified atom stereocenters. The van der Waals surface area contributed by atoms with Crippen LogP contribution in [0.4, 0.5) is 0 Å². The summed E-state index contributed by atoms with van der Waals surface area (Å²) >= 11 is 0. The Morgan fingerprint density at radius 2 is 1.38 bits per heavy atom. The van der Waals surface area contributed by atoms with Gasteiger partial charge in [0.05, 0.1) is 16.0 Å². The summed E-state index contributed by atoms with van der Waals surface area (Å²) < 4.78 is 31.5. The summed E-state index contributed by atoms with van der Waals surface area (Å²) in [6.45, 7) is 6.18. The first kappa shape index (κ1) is 19.2. The third-order valence-electron chi connectivity index (χ3n) is 4.89. The molecule has 4 nitrogen and oxygen atoms in total. The highest BCUT2D eigenvalue weighted by molar-refractivity contribution is 7.91. The molecule has 1 heterocycles. The highest BCUT2D eigenvalue weighted by atomic mass is 32.2. The van der Waals surface area contributed by atoms with E-state index in [0.29, 0.717) is 11.7 Å². The molecule has 29 heavy (non-hydrogen) atoms. The zero-order valence-corrected chi connectivity index (χ0v) is 17.3. The molecule has 4 aromatic rings. The fraction of sp³-hybridized carbons (Fsp3) is 0.125. The summed E-state index contributed by atoms with van der Waals surface area (Å²) in [5.41, 5.74) is 5.24. The van der Waals surface area contributed by atoms with Crippen molar-refractivity contribution in [1.82, 2.24) is 4.98 Å². The van der Waals surface area contributed by atoms with Crippen molar-refractivity contribution in [3.8, 4) is 22.8 Å². The first-order valence-corrected chi connectivity index (χ1v) is 10.8. The van der Waals surface area contributed by atoms with Gasteiger partial charge in [0.25, 0.3) is 0 Å². The lowest BCUT2D eigenvalue weighted by molar-refractivity contribution is 0.587. The summed E-state index contributed by atoms with van der Waals surface area (Å²) in [6, 6.07) is 19.3. The smallest absolute Gasteiger partial charge is 0.226 e. The minimum atomic E-state index is -3.54. The van der Waals surface area contributed by atoms with Gasteiger partial charge in [-0.25, -0.2) is 13.4 Å². The van der Waals surface area contributed by atoms with Crippen LogP contribution in [-0.4, -0.2) is 13.4 Å². The Kier molecular flexibility index (Phi) is 4.84. The molecule has 146 valence electrons. The normalized spacial score (nSPS) is 11.6. The Bertz CT molecular complexity index is 1250. The van der Waals surface area contributed by atoms with E-state index in [1.807, 2.05) is 0 Å². The topological polar surface area (TPSA) is 60.2 Å². The molecule has 0 radical (unpaired) electrons. The molecule has 0 aliphatic heterocycles. The van der Waals surface area contributed by atoms with Crippen LogP contribution in [0, 0.1) is 20.8 Å². The molecule has 0 aliphatic carbocycles. The Morgan fingerprint density at radius 3 is 2.00 bits per heavy atom. The maximum atomic E-state index is 12.7. The van der Waals surface area contributed by atoms with Gasteiger partial charge in [0.15, 0.2) is 5.76 Å². The van der Waals surface area contributed by atoms with Gasteiger partial charge in [0.1, 0.15) is 0 Å². The van der Waals surface area contributed by atoms with Crippen LogP contribution in [0.25, 0.3) is 22.8 Å². The van der Waals surface area contributed by atoms with E-state index in [4.69, 9.17) is 4.42 Å². The Hall–Kier alpha value is -3.18. The maximum Gasteiger partial charge on any atom is 0.226 e. The van der Waals surface area contributed by atoms with Gasteiger partial charge in [-0.3, -0.25) is 0 Å². The van der Waals surface area contributed by atoms with E-state index in [-0.39, 0.29) is 9.79 Å². The van der Waals surface area contributed by atoms with Crippen LogP contribution in [0.1, 0.15) is 16.7 Å². The van der Waals surface area contributed by atoms with Gasteiger partial charge >= 0.3 is 0 Å². The van der Waals surface area contributed by atoms with Crippen LogP contribution < -0.4 is 0 Å². The van der Waals surface area contributed by atoms with Crippen molar-refractivity contribution < 1.29 is 12.8 Å². The average molecular weight is 404 g/mol. The lowest BCUT2D eigenvalue weighted by Crippen LogP contribution is -2.01. The predicted molar refractivity (Wildman–Crippen MR) is 113 cm³/mol. The third kappa shape index (κ3) is 3.61. The SMILES string of the molecule is Cc1cc(C)c(-c2cnc(-c3ccc(S(=O)(=O)c4ccccc4)cc3)o2)c(C)c1. The summed E-state index contributed by atoms with van der Waals surface area (Å²) in [6.07, 6.45) is 1.72. The number of sulfone groups is 1. The van der Waals surface area contributed by atoms with Crippen molar-refractivity contribution in [1.29, 1.82) is 0 Å². The van der Waals surface area contributed by atoms with Gasteiger partial charge in [0.2, 0.25) is 15.7 Å². The van der Waals surface area contributed by atoms with Crippen molar-refractivity contribution in [3.63, 3.8) is 0 Å². The molecule has 0 amide bonds. The molecular formula is C24H21NO3S. The lowest BCUT2D eigenvalue weighted by Gasteiger charge is -2.08. The van der Waals surface area contributed by atoms with Crippen LogP contribution in [0.15, 0.2) is 87.1 Å². The molecule has 0 N–H and O–H groups in total. The van der Waals surface area contributed by atoms with E-state index in [1.54, 1.807) is 60.8 Å². The number of hydrogen-bond acceptors (Lipinski definition) is 4. The second-order valence-corrected chi connectivity index (χ2v) is 9.09. The highest BCUT2D eigenvalue weighted by Gasteiger charge is 2.18. The number of oxazole rings is 1. The minimum absolute atomic E-state index is 0.240. The van der Waals surface area contributed by atoms with Crippen LogP contribution >= 0.6 is 0 Å². The largest absolute Gasteiger partial charge is 0.436 e. The molecule has 0 fully saturated rings. The van der Waals surface area contributed by atoms with Crippen molar-refractivity contribution in [3.05, 3.63) is 89.6 Å². The number of rotatable bonds is 4. The quantitative estimate of drug-likeness (QED) is 0.434. The summed E-state index contributed by atoms with van der Waals surface area (Å²) in [7, 11) is -3.54. The number of hydrogen-bond donors (Lipinski definition) is 0. The third-order valence-corrected chi connectivity index (χ3v) is 6.68. The molecular weight excluding hydrogens is 382 g/mol. The number of nitrogens with zero attached hydrogens (tertiary/aromatic N) is 1. The van der Waals surface area contributed by atoms with E-state index < -0.39 is 9.84 Å². The molecule has 5 heteroatoms. The number of aromatic nitrogens is 1. The molecule has 1 aromatic heterocycles. The van der Waals surface area contributed by atoms with Gasteiger partial charge in [-0.15, -0.1) is 0 Å². The van der Waals surface area contributed by atoms with Gasteiger partial charge in [0, 0.05) is 11.1 Å². The number of aryl methyl sites for hydroxylation is 3. The van der Waals surface area contributed by atoms with Crippen molar-refractivity contribution >= 4 is 9.84 Å². The molecule has 0 bridgehead atoms. The van der Waals surface area contributed by atoms with Crippen LogP contribution in [-0.2, 0) is 9.84 Å². The Labute approximate surface area is 170 Å². The second-order valence-electron chi connectivity index (χ2n) is 7.14. The minimum Gasteiger partial charge on any atom is -0.436 e. The summed E-state index contributed by atoms with van der Waals surface area (Å²) in [4.78, 5) is 4.92. The van der Waals surface area contributed by atoms with E-state index >= 15 is 0 Å². The van der Waals surface area contributed by atoms with Gasteiger partial charge in [-0.1, -0.05) is 35.9 Å². The molecule has 4 rings (SSSR count). The number of benzene rings is 3. The van der Waals surface area contributed by atoms with E-state index in [9.17, 15) is 8.42 Å². The highest BCUT2D eigenvalue weighted by Crippen LogP contribution is 2.32. The second kappa shape index (κ2) is 7.33. The van der Waals surface area contributed by atoms with Crippen LogP contribution in [0.3, 0.4) is 0 Å². The first-order chi connectivity index (χ1) is 13.9. The van der Waals surface area contributed by atoms with Gasteiger partial charge < -0.3 is 4.42 Å². The summed E-state index contributed by atoms with van der Waals surface area (Å²) in [5.74, 6) is 1.17. The zero-order chi connectivity index (χ0) is 20.6. The fourth-order valence-corrected chi connectivity index (χ4v) is 4.89. The van der Waals surface area contributed by atoms with Gasteiger partial charge in [-0.05, 0) is 68.3 Å². The Morgan fingerprint density at radius 1 is 0.793 bits per heavy atom. The molecule has 3 aromatic carbocycles. The maximum absolute atomic E-state index is 12.7. The van der Waals surface area contributed by atoms with Gasteiger partial charge in [-0.2, -0.15) is 0 Å². The monoisotopic (exact) mass is 403 g/mol. The average Bonchev–Trinajstić information content (AvgIpc) is 3.17. The fourth-order valence-electron chi connectivity index (χ4n) is 3.60.